The Bertz CT molecular complexity index is 1210. The largest absolute Gasteiger partial charge is 0.490 e. The minimum Gasteiger partial charge on any atom is -0.490 e. The molecule has 0 bridgehead atoms. The van der Waals surface area contributed by atoms with E-state index in [-0.39, 0.29) is 34.8 Å². The summed E-state index contributed by atoms with van der Waals surface area (Å²) >= 11 is 0.842. The number of thioether (sulfide) groups is 1. The molecule has 3 aromatic carbocycles. The highest BCUT2D eigenvalue weighted by Crippen LogP contribution is 2.36. The molecular formula is C24H19F2NO4S. The van der Waals surface area contributed by atoms with E-state index in [4.69, 9.17) is 4.74 Å². The highest BCUT2D eigenvalue weighted by atomic mass is 32.2. The average molecular weight is 455 g/mol. The lowest BCUT2D eigenvalue weighted by molar-refractivity contribution is -0.123. The number of hydrogen-bond donors (Lipinski definition) is 0. The van der Waals surface area contributed by atoms with Crippen LogP contribution < -0.4 is 9.47 Å². The third kappa shape index (κ3) is 4.60. The molecule has 0 unspecified atom stereocenters. The van der Waals surface area contributed by atoms with Crippen LogP contribution in [0.1, 0.15) is 18.1 Å². The summed E-state index contributed by atoms with van der Waals surface area (Å²) in [6.07, 6.45) is 1.54. The minimum atomic E-state index is -2.98. The van der Waals surface area contributed by atoms with Crippen LogP contribution >= 0.6 is 11.8 Å². The summed E-state index contributed by atoms with van der Waals surface area (Å²) in [5.74, 6) is -0.363. The van der Waals surface area contributed by atoms with Crippen LogP contribution in [0.25, 0.3) is 16.8 Å². The standard InChI is InChI=1S/C24H19F2NO4S/c1-2-30-20-12-15(10-11-19(20)31-23(25)26)13-21-22(28)27(24(29)32-21)14-17-8-5-7-16-6-3-4-9-18(16)17/h3-13,23H,2,14H2,1H3/b21-13-. The van der Waals surface area contributed by atoms with Gasteiger partial charge in [-0.3, -0.25) is 14.5 Å². The zero-order valence-corrected chi connectivity index (χ0v) is 17.9. The fraction of sp³-hybridized carbons (Fsp3) is 0.167. The van der Waals surface area contributed by atoms with E-state index in [9.17, 15) is 18.4 Å². The van der Waals surface area contributed by atoms with Gasteiger partial charge in [-0.25, -0.2) is 0 Å². The summed E-state index contributed by atoms with van der Waals surface area (Å²) in [5.41, 5.74) is 1.41. The van der Waals surface area contributed by atoms with Crippen molar-refractivity contribution in [1.29, 1.82) is 0 Å². The third-order valence-electron chi connectivity index (χ3n) is 4.86. The predicted molar refractivity (Wildman–Crippen MR) is 120 cm³/mol. The van der Waals surface area contributed by atoms with Crippen molar-refractivity contribution in [3.05, 3.63) is 76.7 Å². The Labute approximate surface area is 187 Å². The molecule has 0 atom stereocenters. The summed E-state index contributed by atoms with van der Waals surface area (Å²) in [4.78, 5) is 27.0. The first kappa shape index (κ1) is 21.8. The van der Waals surface area contributed by atoms with Gasteiger partial charge in [0.15, 0.2) is 11.5 Å². The Morgan fingerprint density at radius 1 is 1.03 bits per heavy atom. The van der Waals surface area contributed by atoms with Gasteiger partial charge < -0.3 is 9.47 Å². The van der Waals surface area contributed by atoms with E-state index in [2.05, 4.69) is 4.74 Å². The maximum absolute atomic E-state index is 12.9. The number of nitrogens with zero attached hydrogens (tertiary/aromatic N) is 1. The number of amides is 2. The molecule has 4 rings (SSSR count). The Morgan fingerprint density at radius 2 is 1.81 bits per heavy atom. The summed E-state index contributed by atoms with van der Waals surface area (Å²) in [6, 6.07) is 17.9. The number of halogens is 2. The van der Waals surface area contributed by atoms with E-state index in [1.54, 1.807) is 13.0 Å². The van der Waals surface area contributed by atoms with Gasteiger partial charge in [-0.2, -0.15) is 8.78 Å². The first-order chi connectivity index (χ1) is 15.5. The van der Waals surface area contributed by atoms with E-state index >= 15 is 0 Å². The van der Waals surface area contributed by atoms with Gasteiger partial charge in [0.2, 0.25) is 0 Å². The number of imide groups is 1. The molecule has 0 aromatic heterocycles. The normalized spacial score (nSPS) is 15.2. The van der Waals surface area contributed by atoms with E-state index < -0.39 is 12.5 Å². The Morgan fingerprint density at radius 3 is 2.59 bits per heavy atom. The predicted octanol–water partition coefficient (Wildman–Crippen LogP) is 6.08. The molecule has 2 amide bonds. The van der Waals surface area contributed by atoms with Gasteiger partial charge in [0, 0.05) is 0 Å². The molecule has 32 heavy (non-hydrogen) atoms. The maximum atomic E-state index is 12.9. The topological polar surface area (TPSA) is 55.8 Å². The highest BCUT2D eigenvalue weighted by Gasteiger charge is 2.35. The smallest absolute Gasteiger partial charge is 0.387 e. The summed E-state index contributed by atoms with van der Waals surface area (Å²) in [7, 11) is 0. The fourth-order valence-corrected chi connectivity index (χ4v) is 4.30. The second kappa shape index (κ2) is 9.40. The molecule has 0 N–H and O–H groups in total. The SMILES string of the molecule is CCOc1cc(/C=C2\SC(=O)N(Cc3cccc4ccccc34)C2=O)ccc1OC(F)F. The molecule has 1 heterocycles. The van der Waals surface area contributed by atoms with Gasteiger partial charge in [-0.05, 0) is 58.8 Å². The van der Waals surface area contributed by atoms with Crippen LogP contribution in [0.4, 0.5) is 13.6 Å². The lowest BCUT2D eigenvalue weighted by atomic mass is 10.0. The second-order valence-corrected chi connectivity index (χ2v) is 7.92. The minimum absolute atomic E-state index is 0.0944. The lowest BCUT2D eigenvalue weighted by Gasteiger charge is -2.14. The number of fused-ring (bicyclic) bond motifs is 1. The summed E-state index contributed by atoms with van der Waals surface area (Å²) < 4.78 is 35.0. The van der Waals surface area contributed by atoms with Crippen molar-refractivity contribution in [1.82, 2.24) is 4.90 Å². The van der Waals surface area contributed by atoms with Gasteiger partial charge in [0.05, 0.1) is 18.1 Å². The fourth-order valence-electron chi connectivity index (χ4n) is 3.46. The van der Waals surface area contributed by atoms with Gasteiger partial charge in [-0.15, -0.1) is 0 Å². The second-order valence-electron chi connectivity index (χ2n) is 6.92. The van der Waals surface area contributed by atoms with Crippen molar-refractivity contribution in [2.45, 2.75) is 20.1 Å². The molecule has 8 heteroatoms. The maximum Gasteiger partial charge on any atom is 0.387 e. The number of benzene rings is 3. The zero-order valence-electron chi connectivity index (χ0n) is 17.1. The molecule has 3 aromatic rings. The van der Waals surface area contributed by atoms with Crippen LogP contribution in [-0.2, 0) is 11.3 Å². The van der Waals surface area contributed by atoms with Crippen molar-refractivity contribution >= 4 is 39.8 Å². The Kier molecular flexibility index (Phi) is 6.41. The van der Waals surface area contributed by atoms with Crippen molar-refractivity contribution in [2.75, 3.05) is 6.61 Å². The molecule has 164 valence electrons. The highest BCUT2D eigenvalue weighted by molar-refractivity contribution is 8.18. The van der Waals surface area contributed by atoms with Gasteiger partial charge in [-0.1, -0.05) is 48.5 Å². The van der Waals surface area contributed by atoms with E-state index in [1.807, 2.05) is 42.5 Å². The van der Waals surface area contributed by atoms with Gasteiger partial charge in [0.1, 0.15) is 0 Å². The lowest BCUT2D eigenvalue weighted by Crippen LogP contribution is -2.27. The summed E-state index contributed by atoms with van der Waals surface area (Å²) in [5, 5.41) is 1.65. The number of carbonyl (C=O) groups is 2. The van der Waals surface area contributed by atoms with E-state index in [0.29, 0.717) is 5.56 Å². The Balaban J connectivity index is 1.59. The summed E-state index contributed by atoms with van der Waals surface area (Å²) in [6.45, 7) is -0.845. The first-order valence-electron chi connectivity index (χ1n) is 9.90. The molecule has 0 saturated carbocycles. The molecule has 5 nitrogen and oxygen atoms in total. The van der Waals surface area contributed by atoms with Crippen LogP contribution in [-0.4, -0.2) is 29.3 Å². The molecule has 1 fully saturated rings. The quantitative estimate of drug-likeness (QED) is 0.405. The number of alkyl halides is 2. The van der Waals surface area contributed by atoms with Crippen LogP contribution in [0.2, 0.25) is 0 Å². The van der Waals surface area contributed by atoms with Crippen molar-refractivity contribution in [3.8, 4) is 11.5 Å². The van der Waals surface area contributed by atoms with Crippen LogP contribution in [0.3, 0.4) is 0 Å². The molecule has 0 radical (unpaired) electrons. The molecule has 1 saturated heterocycles. The number of ether oxygens (including phenoxy) is 2. The van der Waals surface area contributed by atoms with Crippen molar-refractivity contribution in [3.63, 3.8) is 0 Å². The van der Waals surface area contributed by atoms with Crippen molar-refractivity contribution < 1.29 is 27.8 Å². The van der Waals surface area contributed by atoms with Crippen LogP contribution in [0, 0.1) is 0 Å². The third-order valence-corrected chi connectivity index (χ3v) is 5.77. The molecule has 1 aliphatic rings. The molecule has 0 spiro atoms. The van der Waals surface area contributed by atoms with Gasteiger partial charge in [0.25, 0.3) is 11.1 Å². The zero-order chi connectivity index (χ0) is 22.7. The number of hydrogen-bond acceptors (Lipinski definition) is 5. The molecule has 1 aliphatic heterocycles. The number of rotatable bonds is 7. The first-order valence-corrected chi connectivity index (χ1v) is 10.7. The van der Waals surface area contributed by atoms with E-state index in [1.165, 1.54) is 23.1 Å². The molecular weight excluding hydrogens is 436 g/mol. The Hall–Kier alpha value is -3.39. The van der Waals surface area contributed by atoms with E-state index in [0.717, 1.165) is 28.1 Å². The monoisotopic (exact) mass is 455 g/mol. The van der Waals surface area contributed by atoms with Crippen LogP contribution in [0.5, 0.6) is 11.5 Å². The average Bonchev–Trinajstić information content (AvgIpc) is 3.03. The van der Waals surface area contributed by atoms with Gasteiger partial charge >= 0.3 is 6.61 Å². The molecule has 0 aliphatic carbocycles. The van der Waals surface area contributed by atoms with Crippen molar-refractivity contribution in [2.24, 2.45) is 0 Å². The number of carbonyl (C=O) groups excluding carboxylic acids is 2. The van der Waals surface area contributed by atoms with Crippen LogP contribution in [0.15, 0.2) is 65.6 Å².